The molecule has 0 unspecified atom stereocenters. The Kier molecular flexibility index (Phi) is 7.39. The van der Waals surface area contributed by atoms with E-state index in [0.29, 0.717) is 36.1 Å². The number of aryl methyl sites for hydroxylation is 1. The Morgan fingerprint density at radius 1 is 1.21 bits per heavy atom. The van der Waals surface area contributed by atoms with Crippen LogP contribution in [-0.4, -0.2) is 57.2 Å². The summed E-state index contributed by atoms with van der Waals surface area (Å²) in [7, 11) is 1.58. The van der Waals surface area contributed by atoms with Crippen LogP contribution in [0.1, 0.15) is 47.6 Å². The molecule has 0 saturated heterocycles. The van der Waals surface area contributed by atoms with Gasteiger partial charge in [-0.25, -0.2) is 10.1 Å². The lowest BCUT2D eigenvalue weighted by Crippen LogP contribution is -2.31. The van der Waals surface area contributed by atoms with Crippen molar-refractivity contribution in [1.29, 1.82) is 0 Å². The van der Waals surface area contributed by atoms with Crippen LogP contribution in [0.5, 0.6) is 11.5 Å². The zero-order valence-electron chi connectivity index (χ0n) is 21.9. The Bertz CT molecular complexity index is 1510. The van der Waals surface area contributed by atoms with Crippen LogP contribution in [0, 0.1) is 0 Å². The van der Waals surface area contributed by atoms with Crippen LogP contribution < -0.4 is 25.5 Å². The molecule has 0 saturated carbocycles. The number of benzene rings is 2. The van der Waals surface area contributed by atoms with E-state index in [1.54, 1.807) is 20.1 Å². The molecule has 5 rings (SSSR count). The first-order valence-corrected chi connectivity index (χ1v) is 12.5. The van der Waals surface area contributed by atoms with Crippen LogP contribution in [0.25, 0.3) is 5.82 Å². The van der Waals surface area contributed by atoms with E-state index >= 15 is 0 Å². The van der Waals surface area contributed by atoms with Crippen molar-refractivity contribution in [2.75, 3.05) is 30.9 Å². The average Bonchev–Trinajstić information content (AvgIpc) is 3.57. The number of nitrogen functional groups attached to an aromatic ring is 1. The predicted molar refractivity (Wildman–Crippen MR) is 143 cm³/mol. The highest BCUT2D eigenvalue weighted by Gasteiger charge is 2.27. The monoisotopic (exact) mass is 531 g/mol. The van der Waals surface area contributed by atoms with Crippen molar-refractivity contribution >= 4 is 23.1 Å². The van der Waals surface area contributed by atoms with Gasteiger partial charge in [0.1, 0.15) is 0 Å². The van der Waals surface area contributed by atoms with Crippen LogP contribution in [0.4, 0.5) is 11.5 Å². The number of para-hydroxylation sites is 1. The van der Waals surface area contributed by atoms with Gasteiger partial charge in [-0.3, -0.25) is 4.79 Å². The number of aromatic nitrogens is 5. The van der Waals surface area contributed by atoms with Crippen molar-refractivity contribution in [3.8, 4) is 17.3 Å². The van der Waals surface area contributed by atoms with E-state index in [2.05, 4.69) is 48.2 Å². The lowest BCUT2D eigenvalue weighted by atomic mass is 10.0. The molecule has 0 bridgehead atoms. The van der Waals surface area contributed by atoms with Crippen LogP contribution in [0.15, 0.2) is 52.2 Å². The third-order valence-corrected chi connectivity index (χ3v) is 6.43. The van der Waals surface area contributed by atoms with E-state index in [9.17, 15) is 4.79 Å². The topological polar surface area (TPSA) is 159 Å². The number of hydrogen-bond acceptors (Lipinski definition) is 11. The van der Waals surface area contributed by atoms with E-state index in [-0.39, 0.29) is 17.3 Å². The van der Waals surface area contributed by atoms with E-state index in [0.717, 1.165) is 30.6 Å². The number of nitrogens with one attached hydrogen (secondary N) is 1. The van der Waals surface area contributed by atoms with Gasteiger partial charge in [-0.2, -0.15) is 9.78 Å². The molecule has 0 spiro atoms. The Balaban J connectivity index is 1.44. The molecule has 39 heavy (non-hydrogen) atoms. The van der Waals surface area contributed by atoms with Crippen molar-refractivity contribution in [1.82, 2.24) is 30.7 Å². The normalized spacial score (nSPS) is 13.2. The molecular formula is C26H29N9O4. The van der Waals surface area contributed by atoms with Crippen LogP contribution in [-0.2, 0) is 13.0 Å². The second-order valence-corrected chi connectivity index (χ2v) is 8.86. The maximum absolute atomic E-state index is 13.3. The second kappa shape index (κ2) is 11.2. The minimum atomic E-state index is -0.533. The predicted octanol–water partition coefficient (Wildman–Crippen LogP) is 2.75. The van der Waals surface area contributed by atoms with Gasteiger partial charge in [-0.15, -0.1) is 5.10 Å². The summed E-state index contributed by atoms with van der Waals surface area (Å²) in [6.45, 7) is 5.29. The molecule has 1 aliphatic rings. The third kappa shape index (κ3) is 5.23. The van der Waals surface area contributed by atoms with Crippen molar-refractivity contribution in [3.05, 3.63) is 65.0 Å². The van der Waals surface area contributed by atoms with Gasteiger partial charge in [0.05, 0.1) is 31.7 Å². The molecule has 0 radical (unpaired) electrons. The van der Waals surface area contributed by atoms with Gasteiger partial charge in [0.2, 0.25) is 11.6 Å². The van der Waals surface area contributed by atoms with Gasteiger partial charge < -0.3 is 20.1 Å². The quantitative estimate of drug-likeness (QED) is 0.243. The summed E-state index contributed by atoms with van der Waals surface area (Å²) in [6.07, 6.45) is 1.96. The molecule has 3 heterocycles. The summed E-state index contributed by atoms with van der Waals surface area (Å²) in [4.78, 5) is 15.5. The first kappa shape index (κ1) is 25.7. The Labute approximate surface area is 224 Å². The number of anilines is 2. The average molecular weight is 532 g/mol. The fraction of sp³-hybridized carbons (Fsp3) is 0.308. The molecule has 4 aromatic rings. The minimum absolute atomic E-state index is 0.0330. The highest BCUT2D eigenvalue weighted by molar-refractivity contribution is 6.01. The maximum atomic E-state index is 13.3. The van der Waals surface area contributed by atoms with E-state index in [4.69, 9.17) is 19.8 Å². The lowest BCUT2D eigenvalue weighted by molar-refractivity contribution is 0.0948. The Hall–Kier alpha value is -4.94. The number of rotatable bonds is 9. The first-order valence-electron chi connectivity index (χ1n) is 12.5. The molecule has 3 N–H and O–H groups in total. The van der Waals surface area contributed by atoms with Gasteiger partial charge in [0.15, 0.2) is 17.2 Å². The molecule has 1 aliphatic heterocycles. The van der Waals surface area contributed by atoms with Gasteiger partial charge in [0, 0.05) is 17.8 Å². The molecule has 0 aliphatic carbocycles. The highest BCUT2D eigenvalue weighted by atomic mass is 16.6. The molecule has 13 nitrogen and oxygen atoms in total. The summed E-state index contributed by atoms with van der Waals surface area (Å²) in [5.74, 6) is 0.854. The van der Waals surface area contributed by atoms with Gasteiger partial charge in [0.25, 0.3) is 5.91 Å². The number of fused-ring (bicyclic) bond motifs is 1. The highest BCUT2D eigenvalue weighted by Crippen LogP contribution is 2.30. The number of ether oxygens (including phenoxy) is 2. The SMILES string of the molecule is CCOc1cc(/C(C)=N\NC(=O)c2nnn(-c3nonc3N)c2CN2CCCc3ccccc32)ccc1OC. The number of hydrazone groups is 1. The van der Waals surface area contributed by atoms with Crippen LogP contribution in [0.2, 0.25) is 0 Å². The molecule has 0 atom stereocenters. The number of nitrogens with zero attached hydrogens (tertiary/aromatic N) is 7. The Morgan fingerprint density at radius 2 is 2.05 bits per heavy atom. The molecule has 1 amide bonds. The number of amides is 1. The first-order chi connectivity index (χ1) is 19.0. The second-order valence-electron chi connectivity index (χ2n) is 8.86. The van der Waals surface area contributed by atoms with E-state index in [1.165, 1.54) is 10.2 Å². The fourth-order valence-electron chi connectivity index (χ4n) is 4.51. The maximum Gasteiger partial charge on any atom is 0.293 e. The van der Waals surface area contributed by atoms with Crippen LogP contribution >= 0.6 is 0 Å². The molecule has 2 aromatic carbocycles. The number of hydrogen-bond donors (Lipinski definition) is 2. The van der Waals surface area contributed by atoms with Crippen LogP contribution in [0.3, 0.4) is 0 Å². The zero-order chi connectivity index (χ0) is 27.4. The number of carbonyl (C=O) groups excluding carboxylic acids is 1. The van der Waals surface area contributed by atoms with Gasteiger partial charge >= 0.3 is 0 Å². The summed E-state index contributed by atoms with van der Waals surface area (Å²) < 4.78 is 17.2. The Morgan fingerprint density at radius 3 is 2.82 bits per heavy atom. The molecule has 13 heteroatoms. The number of nitrogens with two attached hydrogens (primary N) is 1. The van der Waals surface area contributed by atoms with E-state index in [1.807, 2.05) is 31.2 Å². The van der Waals surface area contributed by atoms with Crippen molar-refractivity contribution in [3.63, 3.8) is 0 Å². The smallest absolute Gasteiger partial charge is 0.293 e. The summed E-state index contributed by atoms with van der Waals surface area (Å²) in [5.41, 5.74) is 12.8. The summed E-state index contributed by atoms with van der Waals surface area (Å²) in [6, 6.07) is 13.6. The van der Waals surface area contributed by atoms with Gasteiger partial charge in [-0.1, -0.05) is 23.4 Å². The molecule has 2 aromatic heterocycles. The summed E-state index contributed by atoms with van der Waals surface area (Å²) in [5, 5.41) is 20.1. The minimum Gasteiger partial charge on any atom is -0.493 e. The summed E-state index contributed by atoms with van der Waals surface area (Å²) >= 11 is 0. The molecular weight excluding hydrogens is 502 g/mol. The number of carbonyl (C=O) groups is 1. The zero-order valence-corrected chi connectivity index (χ0v) is 21.9. The molecule has 0 fully saturated rings. The standard InChI is InChI=1S/C26H29N9O4/c1-4-38-22-14-18(11-12-21(22)37-3)16(2)28-30-26(36)23-20(35(33-29-23)25-24(27)31-39-32-25)15-34-13-7-9-17-8-5-6-10-19(17)34/h5-6,8,10-12,14H,4,7,9,13,15H2,1-3H3,(H2,27,31)(H,30,36)/b28-16-. The fourth-order valence-corrected chi connectivity index (χ4v) is 4.51. The molecule has 202 valence electrons. The number of methoxy groups -OCH3 is 1. The van der Waals surface area contributed by atoms with Crippen molar-refractivity contribution in [2.45, 2.75) is 33.2 Å². The lowest BCUT2D eigenvalue weighted by Gasteiger charge is -2.31. The van der Waals surface area contributed by atoms with Gasteiger partial charge in [-0.05, 0) is 66.8 Å². The third-order valence-electron chi connectivity index (χ3n) is 6.43. The van der Waals surface area contributed by atoms with Crippen molar-refractivity contribution < 1.29 is 18.9 Å². The van der Waals surface area contributed by atoms with E-state index < -0.39 is 5.91 Å². The van der Waals surface area contributed by atoms with Crippen molar-refractivity contribution in [2.24, 2.45) is 5.10 Å². The largest absolute Gasteiger partial charge is 0.493 e.